The standard InChI is InChI=1S/C10H7F3N2O3S/c11-10(12,13)19(16,17)18-9-6-7-15(14-9)8-4-2-1-3-5-8/h1-7H. The predicted molar refractivity (Wildman–Crippen MR) is 59.2 cm³/mol. The van der Waals surface area contributed by atoms with Crippen molar-refractivity contribution in [3.05, 3.63) is 42.6 Å². The first-order valence-corrected chi connectivity index (χ1v) is 6.32. The van der Waals surface area contributed by atoms with Gasteiger partial charge in [-0.05, 0) is 12.1 Å². The molecule has 2 rings (SSSR count). The molecule has 0 bridgehead atoms. The lowest BCUT2D eigenvalue weighted by Crippen LogP contribution is -2.28. The van der Waals surface area contributed by atoms with E-state index in [9.17, 15) is 21.6 Å². The summed E-state index contributed by atoms with van der Waals surface area (Å²) in [5.74, 6) is -0.652. The van der Waals surface area contributed by atoms with Crippen molar-refractivity contribution in [3.8, 4) is 11.6 Å². The molecule has 0 atom stereocenters. The summed E-state index contributed by atoms with van der Waals surface area (Å²) in [5, 5.41) is 3.59. The van der Waals surface area contributed by atoms with Gasteiger partial charge in [0.2, 0.25) is 0 Å². The average molecular weight is 292 g/mol. The molecule has 0 amide bonds. The van der Waals surface area contributed by atoms with E-state index in [-0.39, 0.29) is 0 Å². The molecule has 0 N–H and O–H groups in total. The zero-order chi connectivity index (χ0) is 14.1. The van der Waals surface area contributed by atoms with Gasteiger partial charge in [-0.25, -0.2) is 4.68 Å². The molecular weight excluding hydrogens is 285 g/mol. The molecule has 5 nitrogen and oxygen atoms in total. The Balaban J connectivity index is 2.24. The second-order valence-corrected chi connectivity index (χ2v) is 4.96. The third-order valence-corrected chi connectivity index (χ3v) is 3.02. The van der Waals surface area contributed by atoms with Crippen molar-refractivity contribution in [2.45, 2.75) is 5.51 Å². The minimum absolute atomic E-state index is 0.557. The minimum atomic E-state index is -5.70. The van der Waals surface area contributed by atoms with Crippen LogP contribution in [0.4, 0.5) is 13.2 Å². The number of aromatic nitrogens is 2. The summed E-state index contributed by atoms with van der Waals surface area (Å²) in [6, 6.07) is 9.47. The van der Waals surface area contributed by atoms with Crippen LogP contribution < -0.4 is 4.18 Å². The van der Waals surface area contributed by atoms with Crippen molar-refractivity contribution < 1.29 is 25.8 Å². The van der Waals surface area contributed by atoms with Gasteiger partial charge in [-0.1, -0.05) is 18.2 Å². The van der Waals surface area contributed by atoms with E-state index in [2.05, 4.69) is 9.28 Å². The predicted octanol–water partition coefficient (Wildman–Crippen LogP) is 2.10. The first-order valence-electron chi connectivity index (χ1n) is 4.91. The van der Waals surface area contributed by atoms with Crippen molar-refractivity contribution >= 4 is 10.1 Å². The van der Waals surface area contributed by atoms with E-state index < -0.39 is 21.5 Å². The van der Waals surface area contributed by atoms with Gasteiger partial charge in [0.05, 0.1) is 5.69 Å². The summed E-state index contributed by atoms with van der Waals surface area (Å²) in [7, 11) is -5.70. The molecule has 0 spiro atoms. The van der Waals surface area contributed by atoms with E-state index in [1.165, 1.54) is 10.9 Å². The number of hydrogen-bond acceptors (Lipinski definition) is 4. The Morgan fingerprint density at radius 1 is 1.11 bits per heavy atom. The molecule has 0 radical (unpaired) electrons. The van der Waals surface area contributed by atoms with E-state index in [0.29, 0.717) is 5.69 Å². The summed E-state index contributed by atoms with van der Waals surface area (Å²) < 4.78 is 62.9. The van der Waals surface area contributed by atoms with Crippen molar-refractivity contribution in [2.75, 3.05) is 0 Å². The van der Waals surface area contributed by atoms with Gasteiger partial charge in [0.15, 0.2) is 0 Å². The van der Waals surface area contributed by atoms with Gasteiger partial charge >= 0.3 is 15.6 Å². The van der Waals surface area contributed by atoms with Crippen LogP contribution >= 0.6 is 0 Å². The Bertz CT molecular complexity index is 665. The summed E-state index contributed by atoms with van der Waals surface area (Å²) in [6.07, 6.45) is 1.29. The zero-order valence-corrected chi connectivity index (χ0v) is 10.0. The van der Waals surface area contributed by atoms with Crippen LogP contribution in [-0.2, 0) is 10.1 Å². The van der Waals surface area contributed by atoms with Crippen LogP contribution in [0, 0.1) is 0 Å². The number of para-hydroxylation sites is 1. The molecular formula is C10H7F3N2O3S. The van der Waals surface area contributed by atoms with Gasteiger partial charge in [-0.3, -0.25) is 0 Å². The van der Waals surface area contributed by atoms with Gasteiger partial charge in [0.1, 0.15) is 0 Å². The minimum Gasteiger partial charge on any atom is -0.354 e. The Labute approximate surface area is 106 Å². The van der Waals surface area contributed by atoms with Crippen LogP contribution in [0.5, 0.6) is 5.88 Å². The third-order valence-electron chi connectivity index (χ3n) is 2.06. The molecule has 9 heteroatoms. The van der Waals surface area contributed by atoms with Crippen molar-refractivity contribution in [2.24, 2.45) is 0 Å². The summed E-state index contributed by atoms with van der Waals surface area (Å²) in [6.45, 7) is 0. The molecule has 1 aromatic carbocycles. The SMILES string of the molecule is O=S(=O)(Oc1ccn(-c2ccccc2)n1)C(F)(F)F. The lowest BCUT2D eigenvalue weighted by molar-refractivity contribution is -0.0501. The first-order chi connectivity index (χ1) is 8.79. The van der Waals surface area contributed by atoms with Crippen LogP contribution in [0.15, 0.2) is 42.6 Å². The van der Waals surface area contributed by atoms with E-state index in [1.54, 1.807) is 30.3 Å². The topological polar surface area (TPSA) is 61.2 Å². The highest BCUT2D eigenvalue weighted by Gasteiger charge is 2.48. The smallest absolute Gasteiger partial charge is 0.354 e. The van der Waals surface area contributed by atoms with Gasteiger partial charge in [0.25, 0.3) is 5.88 Å². The fourth-order valence-electron chi connectivity index (χ4n) is 1.24. The fourth-order valence-corrected chi connectivity index (χ4v) is 1.64. The Hall–Kier alpha value is -2.03. The number of rotatable bonds is 3. The van der Waals surface area contributed by atoms with Crippen LogP contribution in [0.3, 0.4) is 0 Å². The molecule has 0 saturated carbocycles. The quantitative estimate of drug-likeness (QED) is 0.642. The number of hydrogen-bond donors (Lipinski definition) is 0. The molecule has 0 saturated heterocycles. The Morgan fingerprint density at radius 2 is 1.74 bits per heavy atom. The zero-order valence-electron chi connectivity index (χ0n) is 9.20. The van der Waals surface area contributed by atoms with E-state index in [4.69, 9.17) is 0 Å². The highest BCUT2D eigenvalue weighted by atomic mass is 32.2. The lowest BCUT2D eigenvalue weighted by atomic mass is 10.3. The average Bonchev–Trinajstić information content (AvgIpc) is 2.76. The Morgan fingerprint density at radius 3 is 2.32 bits per heavy atom. The van der Waals surface area contributed by atoms with Crippen molar-refractivity contribution in [1.29, 1.82) is 0 Å². The second kappa shape index (κ2) is 4.57. The molecule has 1 heterocycles. The number of benzene rings is 1. The second-order valence-electron chi connectivity index (χ2n) is 3.42. The van der Waals surface area contributed by atoms with Gasteiger partial charge < -0.3 is 4.18 Å². The van der Waals surface area contributed by atoms with E-state index >= 15 is 0 Å². The van der Waals surface area contributed by atoms with E-state index in [0.717, 1.165) is 6.07 Å². The number of nitrogens with zero attached hydrogens (tertiary/aromatic N) is 2. The normalized spacial score (nSPS) is 12.4. The first kappa shape index (κ1) is 13.4. The van der Waals surface area contributed by atoms with Gasteiger partial charge in [-0.2, -0.15) is 21.6 Å². The molecule has 0 aliphatic rings. The van der Waals surface area contributed by atoms with Crippen LogP contribution in [0.2, 0.25) is 0 Å². The fraction of sp³-hybridized carbons (Fsp3) is 0.100. The molecule has 102 valence electrons. The Kier molecular flexibility index (Phi) is 3.23. The molecule has 2 aromatic rings. The molecule has 0 aliphatic carbocycles. The van der Waals surface area contributed by atoms with Crippen LogP contribution in [0.25, 0.3) is 5.69 Å². The molecule has 19 heavy (non-hydrogen) atoms. The maximum atomic E-state index is 12.1. The van der Waals surface area contributed by atoms with E-state index in [1.807, 2.05) is 0 Å². The van der Waals surface area contributed by atoms with Crippen LogP contribution in [-0.4, -0.2) is 23.7 Å². The number of alkyl halides is 3. The highest BCUT2D eigenvalue weighted by molar-refractivity contribution is 7.87. The van der Waals surface area contributed by atoms with Crippen molar-refractivity contribution in [1.82, 2.24) is 9.78 Å². The molecule has 0 aliphatic heterocycles. The monoisotopic (exact) mass is 292 g/mol. The number of halogens is 3. The molecule has 1 aromatic heterocycles. The maximum Gasteiger partial charge on any atom is 0.534 e. The van der Waals surface area contributed by atoms with Crippen molar-refractivity contribution in [3.63, 3.8) is 0 Å². The third kappa shape index (κ3) is 2.87. The largest absolute Gasteiger partial charge is 0.534 e. The van der Waals surface area contributed by atoms with Gasteiger partial charge in [0, 0.05) is 12.3 Å². The molecule has 0 fully saturated rings. The summed E-state index contributed by atoms with van der Waals surface area (Å²) >= 11 is 0. The summed E-state index contributed by atoms with van der Waals surface area (Å²) in [4.78, 5) is 0. The summed E-state index contributed by atoms with van der Waals surface area (Å²) in [5.41, 5.74) is -4.93. The highest BCUT2D eigenvalue weighted by Crippen LogP contribution is 2.26. The molecule has 0 unspecified atom stereocenters. The lowest BCUT2D eigenvalue weighted by Gasteiger charge is -2.06. The maximum absolute atomic E-state index is 12.1. The van der Waals surface area contributed by atoms with Crippen LogP contribution in [0.1, 0.15) is 0 Å². The van der Waals surface area contributed by atoms with Gasteiger partial charge in [-0.15, -0.1) is 5.10 Å².